The largest absolute Gasteiger partial charge is 0.416 e. The third-order valence-electron chi connectivity index (χ3n) is 3.12. The second-order valence-corrected chi connectivity index (χ2v) is 4.95. The smallest absolute Gasteiger partial charge is 0.370 e. The Morgan fingerprint density at radius 2 is 2.05 bits per heavy atom. The van der Waals surface area contributed by atoms with Crippen LogP contribution in [-0.2, 0) is 6.18 Å². The fourth-order valence-corrected chi connectivity index (χ4v) is 1.93. The standard InChI is InChI=1S/C13H18F3N3/c1-3-17-11-6-10(13(14,15)16)7-12(18-11)19(2)8-9-4-5-9/h6-7,9H,3-5,8H2,1-2H3,(H,17,18). The number of rotatable bonds is 5. The Balaban J connectivity index is 2.27. The van der Waals surface area contributed by atoms with Gasteiger partial charge in [-0.15, -0.1) is 0 Å². The fraction of sp³-hybridized carbons (Fsp3) is 0.615. The molecule has 1 aromatic heterocycles. The molecule has 106 valence electrons. The highest BCUT2D eigenvalue weighted by molar-refractivity contribution is 5.51. The molecule has 0 saturated heterocycles. The van der Waals surface area contributed by atoms with Gasteiger partial charge in [-0.2, -0.15) is 13.2 Å². The molecule has 1 N–H and O–H groups in total. The van der Waals surface area contributed by atoms with E-state index in [4.69, 9.17) is 0 Å². The molecule has 2 rings (SSSR count). The van der Waals surface area contributed by atoms with Gasteiger partial charge in [0.2, 0.25) is 0 Å². The zero-order chi connectivity index (χ0) is 14.0. The van der Waals surface area contributed by atoms with Gasteiger partial charge in [0.05, 0.1) is 5.56 Å². The Morgan fingerprint density at radius 3 is 2.58 bits per heavy atom. The molecule has 1 aliphatic carbocycles. The van der Waals surface area contributed by atoms with E-state index in [9.17, 15) is 13.2 Å². The quantitative estimate of drug-likeness (QED) is 0.891. The lowest BCUT2D eigenvalue weighted by molar-refractivity contribution is -0.137. The molecule has 0 aromatic carbocycles. The van der Waals surface area contributed by atoms with Crippen molar-refractivity contribution in [3.63, 3.8) is 0 Å². The molecule has 0 radical (unpaired) electrons. The van der Waals surface area contributed by atoms with Crippen LogP contribution in [0.25, 0.3) is 0 Å². The monoisotopic (exact) mass is 273 g/mol. The molecule has 1 aromatic rings. The first-order valence-corrected chi connectivity index (χ1v) is 6.44. The van der Waals surface area contributed by atoms with Crippen molar-refractivity contribution in [1.29, 1.82) is 0 Å². The van der Waals surface area contributed by atoms with E-state index in [-0.39, 0.29) is 5.82 Å². The second kappa shape index (κ2) is 5.27. The summed E-state index contributed by atoms with van der Waals surface area (Å²) in [5, 5.41) is 2.85. The third-order valence-corrected chi connectivity index (χ3v) is 3.12. The van der Waals surface area contributed by atoms with Crippen LogP contribution in [0.4, 0.5) is 24.8 Å². The zero-order valence-electron chi connectivity index (χ0n) is 11.1. The van der Waals surface area contributed by atoms with Crippen LogP contribution in [0.1, 0.15) is 25.3 Å². The van der Waals surface area contributed by atoms with Gasteiger partial charge in [-0.1, -0.05) is 0 Å². The Labute approximate surface area is 110 Å². The maximum Gasteiger partial charge on any atom is 0.416 e. The molecule has 0 atom stereocenters. The lowest BCUT2D eigenvalue weighted by Gasteiger charge is -2.20. The van der Waals surface area contributed by atoms with Crippen LogP contribution in [0.15, 0.2) is 12.1 Å². The van der Waals surface area contributed by atoms with E-state index in [0.29, 0.717) is 18.3 Å². The topological polar surface area (TPSA) is 28.2 Å². The number of nitrogens with zero attached hydrogens (tertiary/aromatic N) is 2. The van der Waals surface area contributed by atoms with Crippen molar-refractivity contribution >= 4 is 11.6 Å². The van der Waals surface area contributed by atoms with Crippen molar-refractivity contribution in [3.05, 3.63) is 17.7 Å². The predicted octanol–water partition coefficient (Wildman–Crippen LogP) is 3.38. The summed E-state index contributed by atoms with van der Waals surface area (Å²) in [6.45, 7) is 3.13. The van der Waals surface area contributed by atoms with Gasteiger partial charge in [-0.3, -0.25) is 0 Å². The molecule has 6 heteroatoms. The number of nitrogens with one attached hydrogen (secondary N) is 1. The van der Waals surface area contributed by atoms with Crippen molar-refractivity contribution in [3.8, 4) is 0 Å². The molecule has 0 amide bonds. The highest BCUT2D eigenvalue weighted by atomic mass is 19.4. The van der Waals surface area contributed by atoms with Crippen molar-refractivity contribution in [2.45, 2.75) is 25.9 Å². The van der Waals surface area contributed by atoms with Gasteiger partial charge in [0.1, 0.15) is 11.6 Å². The van der Waals surface area contributed by atoms with E-state index in [1.807, 2.05) is 6.92 Å². The molecule has 19 heavy (non-hydrogen) atoms. The van der Waals surface area contributed by atoms with E-state index < -0.39 is 11.7 Å². The van der Waals surface area contributed by atoms with E-state index >= 15 is 0 Å². The number of alkyl halides is 3. The van der Waals surface area contributed by atoms with Crippen LogP contribution in [0.3, 0.4) is 0 Å². The van der Waals surface area contributed by atoms with Crippen LogP contribution < -0.4 is 10.2 Å². The van der Waals surface area contributed by atoms with E-state index in [1.165, 1.54) is 0 Å². The summed E-state index contributed by atoms with van der Waals surface area (Å²) in [7, 11) is 1.79. The SMILES string of the molecule is CCNc1cc(C(F)(F)F)cc(N(C)CC2CC2)n1. The molecule has 1 heterocycles. The number of aromatic nitrogens is 1. The first-order valence-electron chi connectivity index (χ1n) is 6.44. The van der Waals surface area contributed by atoms with Gasteiger partial charge in [0, 0.05) is 20.1 Å². The van der Waals surface area contributed by atoms with Crippen molar-refractivity contribution in [1.82, 2.24) is 4.98 Å². The molecule has 1 fully saturated rings. The van der Waals surface area contributed by atoms with Crippen LogP contribution in [-0.4, -0.2) is 25.1 Å². The Hall–Kier alpha value is -1.46. The second-order valence-electron chi connectivity index (χ2n) is 4.95. The lowest BCUT2D eigenvalue weighted by atomic mass is 10.2. The van der Waals surface area contributed by atoms with E-state index in [0.717, 1.165) is 31.5 Å². The van der Waals surface area contributed by atoms with Crippen LogP contribution >= 0.6 is 0 Å². The van der Waals surface area contributed by atoms with Crippen molar-refractivity contribution in [2.75, 3.05) is 30.4 Å². The molecular formula is C13H18F3N3. The average molecular weight is 273 g/mol. The lowest BCUT2D eigenvalue weighted by Crippen LogP contribution is -2.22. The zero-order valence-corrected chi connectivity index (χ0v) is 11.1. The van der Waals surface area contributed by atoms with Crippen molar-refractivity contribution in [2.24, 2.45) is 5.92 Å². The van der Waals surface area contributed by atoms with Gasteiger partial charge in [0.25, 0.3) is 0 Å². The average Bonchev–Trinajstić information content (AvgIpc) is 3.12. The van der Waals surface area contributed by atoms with E-state index in [1.54, 1.807) is 11.9 Å². The van der Waals surface area contributed by atoms with E-state index in [2.05, 4.69) is 10.3 Å². The fourth-order valence-electron chi connectivity index (χ4n) is 1.93. The summed E-state index contributed by atoms with van der Waals surface area (Å²) in [5.41, 5.74) is -0.656. The van der Waals surface area contributed by atoms with Gasteiger partial charge >= 0.3 is 6.18 Å². The molecule has 0 spiro atoms. The summed E-state index contributed by atoms with van der Waals surface area (Å²) in [6, 6.07) is 2.17. The van der Waals surface area contributed by atoms with Crippen molar-refractivity contribution < 1.29 is 13.2 Å². The minimum Gasteiger partial charge on any atom is -0.370 e. The number of hydrogen-bond acceptors (Lipinski definition) is 3. The number of pyridine rings is 1. The maximum absolute atomic E-state index is 12.9. The molecule has 0 aliphatic heterocycles. The first-order chi connectivity index (χ1) is 8.90. The minimum absolute atomic E-state index is 0.273. The highest BCUT2D eigenvalue weighted by Crippen LogP contribution is 2.34. The van der Waals surface area contributed by atoms with Crippen LogP contribution in [0.5, 0.6) is 0 Å². The Morgan fingerprint density at radius 1 is 1.37 bits per heavy atom. The van der Waals surface area contributed by atoms with Gasteiger partial charge in [-0.05, 0) is 37.8 Å². The highest BCUT2D eigenvalue weighted by Gasteiger charge is 2.32. The molecule has 1 saturated carbocycles. The third kappa shape index (κ3) is 3.75. The predicted molar refractivity (Wildman–Crippen MR) is 69.4 cm³/mol. The Bertz CT molecular complexity index is 441. The number of halogens is 3. The summed E-state index contributed by atoms with van der Waals surface area (Å²) >= 11 is 0. The van der Waals surface area contributed by atoms with Crippen LogP contribution in [0.2, 0.25) is 0 Å². The Kier molecular flexibility index (Phi) is 3.87. The minimum atomic E-state index is -4.34. The summed E-state index contributed by atoms with van der Waals surface area (Å²) < 4.78 is 38.6. The summed E-state index contributed by atoms with van der Waals surface area (Å²) in [6.07, 6.45) is -2.03. The first kappa shape index (κ1) is 14.0. The van der Waals surface area contributed by atoms with Gasteiger partial charge < -0.3 is 10.2 Å². The van der Waals surface area contributed by atoms with Gasteiger partial charge in [-0.25, -0.2) is 4.98 Å². The number of hydrogen-bond donors (Lipinski definition) is 1. The summed E-state index contributed by atoms with van der Waals surface area (Å²) in [5.74, 6) is 1.25. The number of anilines is 2. The van der Waals surface area contributed by atoms with Crippen LogP contribution in [0, 0.1) is 5.92 Å². The molecule has 0 bridgehead atoms. The molecular weight excluding hydrogens is 255 g/mol. The maximum atomic E-state index is 12.9. The summed E-state index contributed by atoms with van der Waals surface area (Å²) in [4.78, 5) is 6.03. The van der Waals surface area contributed by atoms with Gasteiger partial charge in [0.15, 0.2) is 0 Å². The normalized spacial score (nSPS) is 15.4. The molecule has 0 unspecified atom stereocenters. The molecule has 1 aliphatic rings. The molecule has 3 nitrogen and oxygen atoms in total.